The Kier molecular flexibility index (Phi) is 7.98. The Labute approximate surface area is 131 Å². The number of rotatable bonds is 9. The summed E-state index contributed by atoms with van der Waals surface area (Å²) in [5.41, 5.74) is 0.564. The van der Waals surface area contributed by atoms with Gasteiger partial charge in [-0.1, -0.05) is 13.3 Å². The van der Waals surface area contributed by atoms with Gasteiger partial charge in [-0.3, -0.25) is 4.79 Å². The van der Waals surface area contributed by atoms with Crippen molar-refractivity contribution in [3.05, 3.63) is 23.8 Å². The molecule has 0 saturated heterocycles. The molecule has 0 spiro atoms. The third kappa shape index (κ3) is 5.46. The van der Waals surface area contributed by atoms with Crippen molar-refractivity contribution in [3.63, 3.8) is 0 Å². The fraction of sp³-hybridized carbons (Fsp3) is 0.562. The van der Waals surface area contributed by atoms with Crippen molar-refractivity contribution >= 4 is 17.5 Å². The first kappa shape index (κ1) is 17.6. The van der Waals surface area contributed by atoms with Gasteiger partial charge in [-0.2, -0.15) is 0 Å². The van der Waals surface area contributed by atoms with Crippen LogP contribution in [0.4, 0.5) is 0 Å². The number of carbonyl (C=O) groups is 1. The number of carbonyl (C=O) groups excluding carboxylic acids is 1. The Bertz CT molecular complexity index is 445. The zero-order valence-corrected chi connectivity index (χ0v) is 13.7. The highest BCUT2D eigenvalue weighted by molar-refractivity contribution is 6.17. The zero-order valence-electron chi connectivity index (χ0n) is 12.9. The SMILES string of the molecule is CCCC(CCCl)CNC(=O)c1ccc(OC)c(OC)c1. The number of alkyl halides is 1. The van der Waals surface area contributed by atoms with E-state index in [-0.39, 0.29) is 5.91 Å². The maximum atomic E-state index is 12.2. The summed E-state index contributed by atoms with van der Waals surface area (Å²) in [5, 5.41) is 2.96. The molecule has 0 aromatic heterocycles. The van der Waals surface area contributed by atoms with E-state index in [0.29, 0.717) is 35.4 Å². The Morgan fingerprint density at radius 1 is 1.24 bits per heavy atom. The van der Waals surface area contributed by atoms with Crippen molar-refractivity contribution < 1.29 is 14.3 Å². The molecule has 1 unspecified atom stereocenters. The first-order valence-corrected chi connectivity index (χ1v) is 7.75. The van der Waals surface area contributed by atoms with Gasteiger partial charge in [0.1, 0.15) is 0 Å². The summed E-state index contributed by atoms with van der Waals surface area (Å²) in [6, 6.07) is 5.15. The number of methoxy groups -OCH3 is 2. The highest BCUT2D eigenvalue weighted by atomic mass is 35.5. The molecule has 4 nitrogen and oxygen atoms in total. The van der Waals surface area contributed by atoms with Crippen LogP contribution in [0.2, 0.25) is 0 Å². The van der Waals surface area contributed by atoms with E-state index in [1.165, 1.54) is 0 Å². The van der Waals surface area contributed by atoms with E-state index in [1.807, 2.05) is 0 Å². The molecular formula is C16H24ClNO3. The number of nitrogens with one attached hydrogen (secondary N) is 1. The summed E-state index contributed by atoms with van der Waals surface area (Å²) in [6.45, 7) is 2.78. The van der Waals surface area contributed by atoms with Crippen molar-refractivity contribution in [3.8, 4) is 11.5 Å². The van der Waals surface area contributed by atoms with E-state index in [9.17, 15) is 4.79 Å². The average molecular weight is 314 g/mol. The molecule has 1 amide bonds. The number of benzene rings is 1. The molecule has 0 aliphatic heterocycles. The molecule has 0 saturated carbocycles. The summed E-state index contributed by atoms with van der Waals surface area (Å²) >= 11 is 5.79. The van der Waals surface area contributed by atoms with Crippen LogP contribution >= 0.6 is 11.6 Å². The van der Waals surface area contributed by atoms with Crippen LogP contribution in [0.25, 0.3) is 0 Å². The molecule has 0 radical (unpaired) electrons. The average Bonchev–Trinajstić information content (AvgIpc) is 2.52. The molecule has 0 heterocycles. The molecule has 0 aliphatic carbocycles. The van der Waals surface area contributed by atoms with E-state index in [1.54, 1.807) is 32.4 Å². The predicted molar refractivity (Wildman–Crippen MR) is 85.6 cm³/mol. The smallest absolute Gasteiger partial charge is 0.251 e. The Hall–Kier alpha value is -1.42. The molecule has 118 valence electrons. The van der Waals surface area contributed by atoms with Crippen LogP contribution in [-0.2, 0) is 0 Å². The van der Waals surface area contributed by atoms with Crippen LogP contribution in [0.3, 0.4) is 0 Å². The topological polar surface area (TPSA) is 47.6 Å². The molecule has 1 atom stereocenters. The van der Waals surface area contributed by atoms with Gasteiger partial charge in [-0.25, -0.2) is 0 Å². The first-order chi connectivity index (χ1) is 10.2. The predicted octanol–water partition coefficient (Wildman–Crippen LogP) is 3.48. The lowest BCUT2D eigenvalue weighted by Gasteiger charge is -2.16. The summed E-state index contributed by atoms with van der Waals surface area (Å²) in [7, 11) is 3.12. The quantitative estimate of drug-likeness (QED) is 0.710. The van der Waals surface area contributed by atoms with Crippen molar-refractivity contribution in [1.82, 2.24) is 5.32 Å². The lowest BCUT2D eigenvalue weighted by Crippen LogP contribution is -2.29. The van der Waals surface area contributed by atoms with Gasteiger partial charge < -0.3 is 14.8 Å². The molecule has 21 heavy (non-hydrogen) atoms. The minimum Gasteiger partial charge on any atom is -0.493 e. The number of amides is 1. The lowest BCUT2D eigenvalue weighted by molar-refractivity contribution is 0.0945. The van der Waals surface area contributed by atoms with Gasteiger partial charge in [-0.05, 0) is 37.0 Å². The van der Waals surface area contributed by atoms with Crippen LogP contribution in [0.15, 0.2) is 18.2 Å². The maximum absolute atomic E-state index is 12.2. The second-order valence-electron chi connectivity index (χ2n) is 4.91. The first-order valence-electron chi connectivity index (χ1n) is 7.22. The molecule has 0 aliphatic rings. The third-order valence-corrected chi connectivity index (χ3v) is 3.63. The van der Waals surface area contributed by atoms with E-state index in [0.717, 1.165) is 19.3 Å². The Morgan fingerprint density at radius 2 is 1.95 bits per heavy atom. The highest BCUT2D eigenvalue weighted by Gasteiger charge is 2.13. The van der Waals surface area contributed by atoms with Crippen LogP contribution in [0, 0.1) is 5.92 Å². The molecule has 1 rings (SSSR count). The number of hydrogen-bond acceptors (Lipinski definition) is 3. The molecule has 0 fully saturated rings. The Balaban J connectivity index is 2.66. The van der Waals surface area contributed by atoms with Gasteiger partial charge in [0, 0.05) is 18.0 Å². The molecule has 5 heteroatoms. The van der Waals surface area contributed by atoms with Crippen molar-refractivity contribution in [2.75, 3.05) is 26.6 Å². The molecule has 1 N–H and O–H groups in total. The van der Waals surface area contributed by atoms with Crippen LogP contribution in [-0.4, -0.2) is 32.6 Å². The minimum atomic E-state index is -0.105. The number of ether oxygens (including phenoxy) is 2. The van der Waals surface area contributed by atoms with Crippen molar-refractivity contribution in [1.29, 1.82) is 0 Å². The van der Waals surface area contributed by atoms with Crippen LogP contribution in [0.1, 0.15) is 36.5 Å². The molecule has 1 aromatic carbocycles. The minimum absolute atomic E-state index is 0.105. The van der Waals surface area contributed by atoms with Crippen LogP contribution < -0.4 is 14.8 Å². The molecular weight excluding hydrogens is 290 g/mol. The van der Waals surface area contributed by atoms with E-state index < -0.39 is 0 Å². The lowest BCUT2D eigenvalue weighted by atomic mass is 10.0. The maximum Gasteiger partial charge on any atom is 0.251 e. The van der Waals surface area contributed by atoms with Crippen molar-refractivity contribution in [2.45, 2.75) is 26.2 Å². The van der Waals surface area contributed by atoms with E-state index >= 15 is 0 Å². The second-order valence-corrected chi connectivity index (χ2v) is 5.29. The van der Waals surface area contributed by atoms with E-state index in [4.69, 9.17) is 21.1 Å². The van der Waals surface area contributed by atoms with Crippen LogP contribution in [0.5, 0.6) is 11.5 Å². The summed E-state index contributed by atoms with van der Waals surface area (Å²) < 4.78 is 10.4. The van der Waals surface area contributed by atoms with Gasteiger partial charge in [0.25, 0.3) is 5.91 Å². The molecule has 0 bridgehead atoms. The third-order valence-electron chi connectivity index (χ3n) is 3.41. The highest BCUT2D eigenvalue weighted by Crippen LogP contribution is 2.27. The fourth-order valence-electron chi connectivity index (χ4n) is 2.23. The number of halogens is 1. The largest absolute Gasteiger partial charge is 0.493 e. The fourth-order valence-corrected chi connectivity index (χ4v) is 2.54. The Morgan fingerprint density at radius 3 is 2.52 bits per heavy atom. The van der Waals surface area contributed by atoms with Gasteiger partial charge in [0.15, 0.2) is 11.5 Å². The summed E-state index contributed by atoms with van der Waals surface area (Å²) in [4.78, 5) is 12.2. The normalized spacial score (nSPS) is 11.8. The molecule has 1 aromatic rings. The van der Waals surface area contributed by atoms with E-state index in [2.05, 4.69) is 12.2 Å². The number of hydrogen-bond donors (Lipinski definition) is 1. The zero-order chi connectivity index (χ0) is 15.7. The van der Waals surface area contributed by atoms with Gasteiger partial charge >= 0.3 is 0 Å². The monoisotopic (exact) mass is 313 g/mol. The summed E-state index contributed by atoms with van der Waals surface area (Å²) in [5.74, 6) is 2.11. The van der Waals surface area contributed by atoms with Gasteiger partial charge in [0.05, 0.1) is 14.2 Å². The standard InChI is InChI=1S/C16H24ClNO3/c1-4-5-12(8-9-17)11-18-16(19)13-6-7-14(20-2)15(10-13)21-3/h6-7,10,12H,4-5,8-9,11H2,1-3H3,(H,18,19). The van der Waals surface area contributed by atoms with Crippen molar-refractivity contribution in [2.24, 2.45) is 5.92 Å². The van der Waals surface area contributed by atoms with Gasteiger partial charge in [-0.15, -0.1) is 11.6 Å². The summed E-state index contributed by atoms with van der Waals surface area (Å²) in [6.07, 6.45) is 3.08. The van der Waals surface area contributed by atoms with Gasteiger partial charge in [0.2, 0.25) is 0 Å². The second kappa shape index (κ2) is 9.50.